The summed E-state index contributed by atoms with van der Waals surface area (Å²) in [5.74, 6) is 0. The number of hydrogen-bond donors (Lipinski definition) is 0. The Morgan fingerprint density at radius 3 is 2.82 bits per heavy atom. The van der Waals surface area contributed by atoms with Gasteiger partial charge in [0, 0.05) is 17.9 Å². The molecular formula is C13H18BrNO2. The second kappa shape index (κ2) is 4.48. The monoisotopic (exact) mass is 299 g/mol. The summed E-state index contributed by atoms with van der Waals surface area (Å²) in [7, 11) is 0. The van der Waals surface area contributed by atoms with Gasteiger partial charge in [0.2, 0.25) is 0 Å². The van der Waals surface area contributed by atoms with Crippen LogP contribution in [0.3, 0.4) is 0 Å². The Morgan fingerprint density at radius 1 is 1.47 bits per heavy atom. The Labute approximate surface area is 111 Å². The van der Waals surface area contributed by atoms with Crippen LogP contribution in [-0.2, 0) is 4.74 Å². The van der Waals surface area contributed by atoms with Crippen LogP contribution in [0.4, 0.5) is 4.79 Å². The van der Waals surface area contributed by atoms with Crippen molar-refractivity contribution in [1.82, 2.24) is 4.90 Å². The van der Waals surface area contributed by atoms with E-state index in [1.165, 1.54) is 11.1 Å². The molecule has 1 heterocycles. The third-order valence-corrected chi connectivity index (χ3v) is 3.43. The first kappa shape index (κ1) is 12.7. The van der Waals surface area contributed by atoms with Crippen LogP contribution in [0.1, 0.15) is 27.2 Å². The highest BCUT2D eigenvalue weighted by Gasteiger charge is 2.30. The molecule has 1 amide bonds. The fraction of sp³-hybridized carbons (Fsp3) is 0.615. The molecule has 0 saturated carbocycles. The van der Waals surface area contributed by atoms with Crippen molar-refractivity contribution in [3.05, 3.63) is 23.3 Å². The van der Waals surface area contributed by atoms with Gasteiger partial charge in [-0.1, -0.05) is 28.1 Å². The molecule has 0 aromatic carbocycles. The maximum absolute atomic E-state index is 11.9. The molecule has 1 aliphatic carbocycles. The van der Waals surface area contributed by atoms with E-state index < -0.39 is 5.60 Å². The van der Waals surface area contributed by atoms with Gasteiger partial charge >= 0.3 is 6.09 Å². The standard InChI is InChI=1S/C13H18BrNO2/c1-13(2,3)17-12(16)15-7-9-4-5-11(14)6-10(9)8-15/h4-5,11H,6-8H2,1-3H3. The van der Waals surface area contributed by atoms with E-state index in [0.717, 1.165) is 6.42 Å². The minimum absolute atomic E-state index is 0.216. The van der Waals surface area contributed by atoms with Crippen molar-refractivity contribution < 1.29 is 9.53 Å². The number of alkyl halides is 1. The van der Waals surface area contributed by atoms with Gasteiger partial charge in [-0.25, -0.2) is 4.79 Å². The lowest BCUT2D eigenvalue weighted by Crippen LogP contribution is -2.35. The second-order valence-electron chi connectivity index (χ2n) is 5.54. The van der Waals surface area contributed by atoms with E-state index in [0.29, 0.717) is 17.9 Å². The summed E-state index contributed by atoms with van der Waals surface area (Å²) in [6.07, 6.45) is 5.02. The number of halogens is 1. The lowest BCUT2D eigenvalue weighted by molar-refractivity contribution is 0.0299. The van der Waals surface area contributed by atoms with E-state index in [1.54, 1.807) is 4.90 Å². The summed E-state index contributed by atoms with van der Waals surface area (Å²) in [5, 5.41) is 0. The van der Waals surface area contributed by atoms with Gasteiger partial charge in [-0.05, 0) is 38.3 Å². The Bertz CT molecular complexity index is 393. The van der Waals surface area contributed by atoms with Gasteiger partial charge in [0.05, 0.1) is 0 Å². The van der Waals surface area contributed by atoms with Crippen LogP contribution in [-0.4, -0.2) is 34.5 Å². The van der Waals surface area contributed by atoms with Crippen LogP contribution in [0.5, 0.6) is 0 Å². The Hall–Kier alpha value is -0.770. The zero-order valence-electron chi connectivity index (χ0n) is 10.5. The van der Waals surface area contributed by atoms with Crippen molar-refractivity contribution in [2.24, 2.45) is 0 Å². The smallest absolute Gasteiger partial charge is 0.410 e. The van der Waals surface area contributed by atoms with Crippen molar-refractivity contribution in [2.45, 2.75) is 37.6 Å². The molecule has 1 aliphatic heterocycles. The zero-order chi connectivity index (χ0) is 12.6. The molecule has 2 aliphatic rings. The molecule has 0 spiro atoms. The van der Waals surface area contributed by atoms with E-state index >= 15 is 0 Å². The van der Waals surface area contributed by atoms with Gasteiger partial charge in [0.25, 0.3) is 0 Å². The number of rotatable bonds is 0. The highest BCUT2D eigenvalue weighted by molar-refractivity contribution is 9.09. The van der Waals surface area contributed by atoms with Crippen LogP contribution < -0.4 is 0 Å². The third-order valence-electron chi connectivity index (χ3n) is 2.80. The van der Waals surface area contributed by atoms with Crippen LogP contribution >= 0.6 is 15.9 Å². The Kier molecular flexibility index (Phi) is 3.34. The maximum Gasteiger partial charge on any atom is 0.410 e. The molecule has 17 heavy (non-hydrogen) atoms. The number of carbonyl (C=O) groups excluding carboxylic acids is 1. The lowest BCUT2D eigenvalue weighted by atomic mass is 10.0. The summed E-state index contributed by atoms with van der Waals surface area (Å²) in [6, 6.07) is 0. The average molecular weight is 300 g/mol. The topological polar surface area (TPSA) is 29.5 Å². The first-order valence-corrected chi connectivity index (χ1v) is 6.78. The molecule has 0 aromatic heterocycles. The van der Waals surface area contributed by atoms with Gasteiger partial charge in [-0.2, -0.15) is 0 Å². The molecule has 0 aromatic rings. The first-order chi connectivity index (χ1) is 7.85. The van der Waals surface area contributed by atoms with Crippen molar-refractivity contribution >= 4 is 22.0 Å². The molecule has 4 heteroatoms. The van der Waals surface area contributed by atoms with E-state index in [4.69, 9.17) is 4.74 Å². The van der Waals surface area contributed by atoms with Gasteiger partial charge < -0.3 is 4.74 Å². The summed E-state index contributed by atoms with van der Waals surface area (Å²) < 4.78 is 5.38. The SMILES string of the molecule is CC(C)(C)OC(=O)N1CC2=C(CC(Br)C=C2)C1. The number of nitrogens with zero attached hydrogens (tertiary/aromatic N) is 1. The predicted molar refractivity (Wildman–Crippen MR) is 71.3 cm³/mol. The number of carbonyl (C=O) groups is 1. The van der Waals surface area contributed by atoms with E-state index in [-0.39, 0.29) is 6.09 Å². The fourth-order valence-corrected chi connectivity index (χ4v) is 2.59. The van der Waals surface area contributed by atoms with Gasteiger partial charge in [0.15, 0.2) is 0 Å². The van der Waals surface area contributed by atoms with Crippen LogP contribution in [0.2, 0.25) is 0 Å². The Balaban J connectivity index is 1.97. The molecule has 0 radical (unpaired) electrons. The summed E-state index contributed by atoms with van der Waals surface area (Å²) >= 11 is 3.57. The average Bonchev–Trinajstić information content (AvgIpc) is 2.57. The zero-order valence-corrected chi connectivity index (χ0v) is 12.1. The normalized spacial score (nSPS) is 24.0. The Morgan fingerprint density at radius 2 is 2.18 bits per heavy atom. The van der Waals surface area contributed by atoms with E-state index in [9.17, 15) is 4.79 Å². The van der Waals surface area contributed by atoms with E-state index in [2.05, 4.69) is 28.1 Å². The van der Waals surface area contributed by atoms with E-state index in [1.807, 2.05) is 20.8 Å². The van der Waals surface area contributed by atoms with Crippen LogP contribution in [0.25, 0.3) is 0 Å². The molecule has 0 N–H and O–H groups in total. The summed E-state index contributed by atoms with van der Waals surface area (Å²) in [4.78, 5) is 14.1. The molecule has 2 rings (SSSR count). The number of allylic oxidation sites excluding steroid dienone is 1. The van der Waals surface area contributed by atoms with Gasteiger partial charge in [-0.15, -0.1) is 0 Å². The van der Waals surface area contributed by atoms with Crippen LogP contribution in [0.15, 0.2) is 23.3 Å². The second-order valence-corrected chi connectivity index (χ2v) is 6.72. The summed E-state index contributed by atoms with van der Waals surface area (Å²) in [5.41, 5.74) is 2.19. The number of amides is 1. The van der Waals surface area contributed by atoms with Crippen molar-refractivity contribution in [2.75, 3.05) is 13.1 Å². The minimum atomic E-state index is -0.423. The summed E-state index contributed by atoms with van der Waals surface area (Å²) in [6.45, 7) is 7.06. The maximum atomic E-state index is 11.9. The lowest BCUT2D eigenvalue weighted by Gasteiger charge is -2.24. The van der Waals surface area contributed by atoms with Crippen molar-refractivity contribution in [3.8, 4) is 0 Å². The molecule has 1 unspecified atom stereocenters. The minimum Gasteiger partial charge on any atom is -0.444 e. The predicted octanol–water partition coefficient (Wildman–Crippen LogP) is 3.26. The highest BCUT2D eigenvalue weighted by atomic mass is 79.9. The largest absolute Gasteiger partial charge is 0.444 e. The molecule has 1 atom stereocenters. The molecule has 0 saturated heterocycles. The van der Waals surface area contributed by atoms with Gasteiger partial charge in [-0.3, -0.25) is 4.90 Å². The fourth-order valence-electron chi connectivity index (χ4n) is 2.05. The quantitative estimate of drug-likeness (QED) is 0.643. The molecular weight excluding hydrogens is 282 g/mol. The first-order valence-electron chi connectivity index (χ1n) is 5.86. The third kappa shape index (κ3) is 3.12. The molecule has 0 bridgehead atoms. The van der Waals surface area contributed by atoms with Crippen LogP contribution in [0, 0.1) is 0 Å². The number of hydrogen-bond acceptors (Lipinski definition) is 2. The molecule has 0 fully saturated rings. The highest BCUT2D eigenvalue weighted by Crippen LogP contribution is 2.30. The number of ether oxygens (including phenoxy) is 1. The molecule has 94 valence electrons. The van der Waals surface area contributed by atoms with Crippen molar-refractivity contribution in [1.29, 1.82) is 0 Å². The van der Waals surface area contributed by atoms with Gasteiger partial charge in [0.1, 0.15) is 5.60 Å². The molecule has 3 nitrogen and oxygen atoms in total. The van der Waals surface area contributed by atoms with Crippen molar-refractivity contribution in [3.63, 3.8) is 0 Å².